The number of nitrogens with zero attached hydrogens (tertiary/aromatic N) is 1. The minimum atomic E-state index is 0. The van der Waals surface area contributed by atoms with Gasteiger partial charge in [0.2, 0.25) is 5.91 Å². The Bertz CT molecular complexity index is 209. The van der Waals surface area contributed by atoms with E-state index in [-0.39, 0.29) is 30.7 Å². The maximum absolute atomic E-state index is 11.5. The largest absolute Gasteiger partial charge is 0.353 e. The summed E-state index contributed by atoms with van der Waals surface area (Å²) in [6.45, 7) is 6.43. The standard InChI is InChI=1S/C12H25N3O.2ClH/c1-3-8-15-9-5-11(6-10-15)14-12(16)4-7-13-2;;/h11,13H,3-10H2,1-2H3,(H,14,16);2*1H. The Morgan fingerprint density at radius 3 is 2.39 bits per heavy atom. The Hall–Kier alpha value is -0.0300. The molecule has 1 aliphatic heterocycles. The van der Waals surface area contributed by atoms with Gasteiger partial charge in [-0.2, -0.15) is 0 Å². The first kappa shape index (κ1) is 20.3. The summed E-state index contributed by atoms with van der Waals surface area (Å²) in [5.41, 5.74) is 0. The molecule has 2 N–H and O–H groups in total. The van der Waals surface area contributed by atoms with E-state index in [1.54, 1.807) is 0 Å². The molecule has 0 radical (unpaired) electrons. The van der Waals surface area contributed by atoms with Crippen molar-refractivity contribution in [2.24, 2.45) is 0 Å². The molecule has 1 heterocycles. The van der Waals surface area contributed by atoms with E-state index < -0.39 is 0 Å². The van der Waals surface area contributed by atoms with Crippen molar-refractivity contribution in [1.82, 2.24) is 15.5 Å². The predicted octanol–water partition coefficient (Wildman–Crippen LogP) is 1.43. The van der Waals surface area contributed by atoms with Gasteiger partial charge < -0.3 is 15.5 Å². The van der Waals surface area contributed by atoms with Crippen LogP contribution in [-0.2, 0) is 4.79 Å². The zero-order valence-corrected chi connectivity index (χ0v) is 13.0. The van der Waals surface area contributed by atoms with Crippen LogP contribution in [0, 0.1) is 0 Å². The molecule has 0 saturated carbocycles. The fraction of sp³-hybridized carbons (Fsp3) is 0.917. The average Bonchev–Trinajstić information content (AvgIpc) is 2.29. The molecule has 0 aromatic carbocycles. The molecule has 0 bridgehead atoms. The Kier molecular flexibility index (Phi) is 13.6. The summed E-state index contributed by atoms with van der Waals surface area (Å²) < 4.78 is 0. The van der Waals surface area contributed by atoms with Crippen LogP contribution in [0.3, 0.4) is 0 Å². The average molecular weight is 300 g/mol. The third-order valence-electron chi connectivity index (χ3n) is 3.09. The van der Waals surface area contributed by atoms with E-state index in [9.17, 15) is 4.79 Å². The quantitative estimate of drug-likeness (QED) is 0.780. The van der Waals surface area contributed by atoms with Crippen molar-refractivity contribution in [3.05, 3.63) is 0 Å². The number of likely N-dealkylation sites (tertiary alicyclic amines) is 1. The third kappa shape index (κ3) is 8.14. The van der Waals surface area contributed by atoms with Gasteiger partial charge in [0.25, 0.3) is 0 Å². The van der Waals surface area contributed by atoms with Gasteiger partial charge in [-0.3, -0.25) is 4.79 Å². The summed E-state index contributed by atoms with van der Waals surface area (Å²) in [4.78, 5) is 14.0. The Balaban J connectivity index is 0. The van der Waals surface area contributed by atoms with E-state index in [2.05, 4.69) is 22.5 Å². The van der Waals surface area contributed by atoms with Gasteiger partial charge in [0.15, 0.2) is 0 Å². The second kappa shape index (κ2) is 12.0. The minimum Gasteiger partial charge on any atom is -0.353 e. The fourth-order valence-corrected chi connectivity index (χ4v) is 2.16. The van der Waals surface area contributed by atoms with Crippen LogP contribution < -0.4 is 10.6 Å². The zero-order chi connectivity index (χ0) is 11.8. The van der Waals surface area contributed by atoms with Gasteiger partial charge in [-0.1, -0.05) is 6.92 Å². The number of rotatable bonds is 6. The maximum atomic E-state index is 11.5. The van der Waals surface area contributed by atoms with Gasteiger partial charge >= 0.3 is 0 Å². The van der Waals surface area contributed by atoms with Crippen molar-refractivity contribution in [1.29, 1.82) is 0 Å². The molecule has 0 aromatic heterocycles. The van der Waals surface area contributed by atoms with Crippen LogP contribution in [-0.4, -0.2) is 50.1 Å². The molecule has 0 atom stereocenters. The highest BCUT2D eigenvalue weighted by Crippen LogP contribution is 2.10. The topological polar surface area (TPSA) is 44.4 Å². The van der Waals surface area contributed by atoms with Crippen molar-refractivity contribution >= 4 is 30.7 Å². The lowest BCUT2D eigenvalue weighted by Crippen LogP contribution is -2.45. The summed E-state index contributed by atoms with van der Waals surface area (Å²) >= 11 is 0. The first-order valence-corrected chi connectivity index (χ1v) is 6.42. The van der Waals surface area contributed by atoms with Gasteiger partial charge in [0.1, 0.15) is 0 Å². The van der Waals surface area contributed by atoms with Crippen LogP contribution in [0.5, 0.6) is 0 Å². The van der Waals surface area contributed by atoms with Crippen LogP contribution in [0.25, 0.3) is 0 Å². The van der Waals surface area contributed by atoms with Gasteiger partial charge in [-0.25, -0.2) is 0 Å². The molecule has 1 fully saturated rings. The molecule has 0 unspecified atom stereocenters. The molecule has 6 heteroatoms. The molecular formula is C12H27Cl2N3O. The van der Waals surface area contributed by atoms with Crippen LogP contribution in [0.15, 0.2) is 0 Å². The minimum absolute atomic E-state index is 0. The van der Waals surface area contributed by atoms with Crippen molar-refractivity contribution in [2.75, 3.05) is 33.2 Å². The van der Waals surface area contributed by atoms with Crippen LogP contribution >= 0.6 is 24.8 Å². The molecule has 0 spiro atoms. The van der Waals surface area contributed by atoms with Crippen LogP contribution in [0.1, 0.15) is 32.6 Å². The van der Waals surface area contributed by atoms with E-state index in [0.717, 1.165) is 32.5 Å². The normalized spacial score (nSPS) is 16.6. The van der Waals surface area contributed by atoms with E-state index in [1.165, 1.54) is 13.0 Å². The molecule has 1 amide bonds. The Morgan fingerprint density at radius 1 is 1.28 bits per heavy atom. The second-order valence-electron chi connectivity index (χ2n) is 4.54. The molecule has 0 aromatic rings. The first-order valence-electron chi connectivity index (χ1n) is 6.42. The van der Waals surface area contributed by atoms with Gasteiger partial charge in [-0.15, -0.1) is 24.8 Å². The van der Waals surface area contributed by atoms with E-state index in [0.29, 0.717) is 12.5 Å². The Morgan fingerprint density at radius 2 is 1.89 bits per heavy atom. The SMILES string of the molecule is CCCN1CCC(NC(=O)CCNC)CC1.Cl.Cl. The molecule has 1 saturated heterocycles. The third-order valence-corrected chi connectivity index (χ3v) is 3.09. The van der Waals surface area contributed by atoms with E-state index in [1.807, 2.05) is 7.05 Å². The molecular weight excluding hydrogens is 273 g/mol. The lowest BCUT2D eigenvalue weighted by atomic mass is 10.0. The van der Waals surface area contributed by atoms with Gasteiger partial charge in [0.05, 0.1) is 0 Å². The lowest BCUT2D eigenvalue weighted by molar-refractivity contribution is -0.122. The summed E-state index contributed by atoms with van der Waals surface area (Å²) in [6.07, 6.45) is 4.02. The number of nitrogens with one attached hydrogen (secondary N) is 2. The number of carbonyl (C=O) groups excluding carboxylic acids is 1. The number of hydrogen-bond donors (Lipinski definition) is 2. The lowest BCUT2D eigenvalue weighted by Gasteiger charge is -2.32. The van der Waals surface area contributed by atoms with Crippen molar-refractivity contribution in [3.8, 4) is 0 Å². The summed E-state index contributed by atoms with van der Waals surface area (Å²) in [5.74, 6) is 0.184. The molecule has 18 heavy (non-hydrogen) atoms. The highest BCUT2D eigenvalue weighted by atomic mass is 35.5. The predicted molar refractivity (Wildman–Crippen MR) is 80.9 cm³/mol. The molecule has 1 aliphatic rings. The zero-order valence-electron chi connectivity index (χ0n) is 11.4. The first-order chi connectivity index (χ1) is 7.76. The molecule has 4 nitrogen and oxygen atoms in total. The monoisotopic (exact) mass is 299 g/mol. The van der Waals surface area contributed by atoms with E-state index in [4.69, 9.17) is 0 Å². The molecule has 110 valence electrons. The number of carbonyl (C=O) groups is 1. The highest BCUT2D eigenvalue weighted by Gasteiger charge is 2.19. The fourth-order valence-electron chi connectivity index (χ4n) is 2.16. The van der Waals surface area contributed by atoms with Crippen molar-refractivity contribution in [3.63, 3.8) is 0 Å². The van der Waals surface area contributed by atoms with Gasteiger partial charge in [0, 0.05) is 32.1 Å². The number of halogens is 2. The van der Waals surface area contributed by atoms with Crippen LogP contribution in [0.2, 0.25) is 0 Å². The number of hydrogen-bond acceptors (Lipinski definition) is 3. The number of piperidine rings is 1. The summed E-state index contributed by atoms with van der Waals surface area (Å²) in [5, 5.41) is 6.10. The van der Waals surface area contributed by atoms with Gasteiger partial charge in [-0.05, 0) is 32.9 Å². The second-order valence-corrected chi connectivity index (χ2v) is 4.54. The van der Waals surface area contributed by atoms with Crippen molar-refractivity contribution < 1.29 is 4.79 Å². The van der Waals surface area contributed by atoms with Crippen molar-refractivity contribution in [2.45, 2.75) is 38.6 Å². The summed E-state index contributed by atoms with van der Waals surface area (Å²) in [7, 11) is 1.87. The molecule has 1 rings (SSSR count). The Labute approximate surface area is 123 Å². The number of amides is 1. The smallest absolute Gasteiger partial charge is 0.221 e. The molecule has 0 aliphatic carbocycles. The summed E-state index contributed by atoms with van der Waals surface area (Å²) in [6, 6.07) is 0.400. The highest BCUT2D eigenvalue weighted by molar-refractivity contribution is 5.85. The maximum Gasteiger partial charge on any atom is 0.221 e. The van der Waals surface area contributed by atoms with E-state index >= 15 is 0 Å². The van der Waals surface area contributed by atoms with Crippen LogP contribution in [0.4, 0.5) is 0 Å².